The molecule has 2 heterocycles. The molecule has 0 fully saturated rings. The molecule has 5 rings (SSSR count). The van der Waals surface area contributed by atoms with Crippen LogP contribution < -0.4 is 10.1 Å². The van der Waals surface area contributed by atoms with Crippen LogP contribution in [0, 0.1) is 0 Å². The Morgan fingerprint density at radius 2 is 1.42 bits per heavy atom. The number of nitrogens with zero attached hydrogens (tertiary/aromatic N) is 1. The summed E-state index contributed by atoms with van der Waals surface area (Å²) in [5.74, 6) is 1.89. The van der Waals surface area contributed by atoms with E-state index in [4.69, 9.17) is 4.74 Å². The van der Waals surface area contributed by atoms with E-state index in [1.165, 1.54) is 22.4 Å². The Labute approximate surface area is 215 Å². The van der Waals surface area contributed by atoms with Gasteiger partial charge in [0.1, 0.15) is 11.5 Å². The van der Waals surface area contributed by atoms with Gasteiger partial charge in [-0.25, -0.2) is 0 Å². The maximum atomic E-state index is 6.15. The van der Waals surface area contributed by atoms with E-state index in [0.29, 0.717) is 0 Å². The van der Waals surface area contributed by atoms with E-state index in [0.717, 1.165) is 50.1 Å². The van der Waals surface area contributed by atoms with Crippen LogP contribution in [-0.4, -0.2) is 18.6 Å². The van der Waals surface area contributed by atoms with Gasteiger partial charge in [-0.3, -0.25) is 4.98 Å². The van der Waals surface area contributed by atoms with Gasteiger partial charge in [-0.15, -0.1) is 6.58 Å². The van der Waals surface area contributed by atoms with Crippen LogP contribution in [0.5, 0.6) is 11.5 Å². The number of hydrogen-bond acceptors (Lipinski definition) is 3. The molecule has 0 amide bonds. The summed E-state index contributed by atoms with van der Waals surface area (Å²) in [6.45, 7) is 5.29. The number of benzene rings is 3. The molecule has 1 aliphatic rings. The molecule has 3 aromatic carbocycles. The van der Waals surface area contributed by atoms with Gasteiger partial charge in [-0.1, -0.05) is 78.9 Å². The number of pyridine rings is 1. The summed E-state index contributed by atoms with van der Waals surface area (Å²) in [7, 11) is 1.97. The molecule has 0 saturated carbocycles. The molecule has 0 atom stereocenters. The van der Waals surface area contributed by atoms with E-state index in [1.807, 2.05) is 37.5 Å². The van der Waals surface area contributed by atoms with Crippen molar-refractivity contribution < 1.29 is 4.74 Å². The van der Waals surface area contributed by atoms with Gasteiger partial charge in [0, 0.05) is 28.4 Å². The predicted molar refractivity (Wildman–Crippen MR) is 150 cm³/mol. The SMILES string of the molecule is C=CC1(CCCc2ccccc2)c2ccccc2Oc2ccccc21.CNCCCc1ccccn1. The maximum absolute atomic E-state index is 6.15. The molecule has 3 nitrogen and oxygen atoms in total. The summed E-state index contributed by atoms with van der Waals surface area (Å²) in [6.07, 6.45) is 9.37. The van der Waals surface area contributed by atoms with Crippen molar-refractivity contribution in [3.05, 3.63) is 138 Å². The van der Waals surface area contributed by atoms with Crippen LogP contribution in [0.4, 0.5) is 0 Å². The molecule has 184 valence electrons. The minimum Gasteiger partial charge on any atom is -0.457 e. The number of nitrogens with one attached hydrogen (secondary N) is 1. The van der Waals surface area contributed by atoms with Crippen LogP contribution >= 0.6 is 0 Å². The lowest BCUT2D eigenvalue weighted by Crippen LogP contribution is -2.29. The van der Waals surface area contributed by atoms with Crippen LogP contribution in [0.2, 0.25) is 0 Å². The quantitative estimate of drug-likeness (QED) is 0.200. The molecule has 0 aliphatic carbocycles. The fourth-order valence-electron chi connectivity index (χ4n) is 4.91. The van der Waals surface area contributed by atoms with Crippen LogP contribution in [0.15, 0.2) is 116 Å². The highest BCUT2D eigenvalue weighted by Crippen LogP contribution is 2.51. The Morgan fingerprint density at radius 3 is 2.03 bits per heavy atom. The molecule has 3 heteroatoms. The number of allylic oxidation sites excluding steroid dienone is 1. The molecule has 0 bridgehead atoms. The number of aromatic nitrogens is 1. The van der Waals surface area contributed by atoms with Gasteiger partial charge in [0.2, 0.25) is 0 Å². The van der Waals surface area contributed by atoms with Gasteiger partial charge in [0.15, 0.2) is 0 Å². The van der Waals surface area contributed by atoms with Gasteiger partial charge >= 0.3 is 0 Å². The molecule has 0 unspecified atom stereocenters. The van der Waals surface area contributed by atoms with Gasteiger partial charge in [0.25, 0.3) is 0 Å². The normalized spacial score (nSPS) is 12.8. The fraction of sp³-hybridized carbons (Fsp3) is 0.242. The van der Waals surface area contributed by atoms with Crippen LogP contribution in [0.1, 0.15) is 41.6 Å². The number of fused-ring (bicyclic) bond motifs is 2. The summed E-state index contributed by atoms with van der Waals surface area (Å²) in [6, 6.07) is 33.4. The first-order valence-corrected chi connectivity index (χ1v) is 12.9. The summed E-state index contributed by atoms with van der Waals surface area (Å²) in [5.41, 5.74) is 4.81. The van der Waals surface area contributed by atoms with Crippen LogP contribution in [0.25, 0.3) is 0 Å². The Balaban J connectivity index is 0.000000233. The molecule has 0 radical (unpaired) electrons. The minimum atomic E-state index is -0.194. The first-order chi connectivity index (χ1) is 17.8. The number of rotatable bonds is 9. The summed E-state index contributed by atoms with van der Waals surface area (Å²) < 4.78 is 6.15. The molecule has 1 aromatic heterocycles. The zero-order valence-corrected chi connectivity index (χ0v) is 21.2. The number of aryl methyl sites for hydroxylation is 2. The first kappa shape index (κ1) is 25.4. The van der Waals surface area contributed by atoms with Crippen LogP contribution in [-0.2, 0) is 18.3 Å². The van der Waals surface area contributed by atoms with E-state index in [2.05, 4.69) is 95.8 Å². The van der Waals surface area contributed by atoms with Crippen molar-refractivity contribution in [2.45, 2.75) is 37.5 Å². The van der Waals surface area contributed by atoms with Crippen molar-refractivity contribution in [3.8, 4) is 11.5 Å². The van der Waals surface area contributed by atoms with Gasteiger partial charge in [0.05, 0.1) is 0 Å². The highest BCUT2D eigenvalue weighted by molar-refractivity contribution is 5.60. The second-order valence-corrected chi connectivity index (χ2v) is 9.14. The van der Waals surface area contributed by atoms with E-state index in [-0.39, 0.29) is 5.41 Å². The number of ether oxygens (including phenoxy) is 1. The van der Waals surface area contributed by atoms with E-state index >= 15 is 0 Å². The second kappa shape index (κ2) is 12.9. The third kappa shape index (κ3) is 6.10. The fourth-order valence-corrected chi connectivity index (χ4v) is 4.91. The lowest BCUT2D eigenvalue weighted by molar-refractivity contribution is 0.407. The average molecular weight is 477 g/mol. The predicted octanol–water partition coefficient (Wildman–Crippen LogP) is 7.52. The summed E-state index contributed by atoms with van der Waals surface area (Å²) in [4.78, 5) is 4.22. The topological polar surface area (TPSA) is 34.1 Å². The standard InChI is InChI=1S/C24H22O.C9H14N2/c1-2-24(18-10-13-19-11-4-3-5-12-19)20-14-6-8-16-22(20)25-23-17-9-7-15-21(23)24;1-10-7-4-6-9-5-2-3-8-11-9/h2-9,11-12,14-17H,1,10,13,18H2;2-3,5,8,10H,4,6-7H2,1H3. The lowest BCUT2D eigenvalue weighted by Gasteiger charge is -2.38. The minimum absolute atomic E-state index is 0.194. The Kier molecular flexibility index (Phi) is 9.07. The molecule has 1 N–H and O–H groups in total. The first-order valence-electron chi connectivity index (χ1n) is 12.9. The Morgan fingerprint density at radius 1 is 0.778 bits per heavy atom. The molecule has 0 saturated heterocycles. The van der Waals surface area contributed by atoms with Crippen molar-refractivity contribution in [1.82, 2.24) is 10.3 Å². The zero-order chi connectivity index (χ0) is 25.1. The van der Waals surface area contributed by atoms with Gasteiger partial charge < -0.3 is 10.1 Å². The van der Waals surface area contributed by atoms with Crippen molar-refractivity contribution in [3.63, 3.8) is 0 Å². The average Bonchev–Trinajstić information content (AvgIpc) is 2.94. The largest absolute Gasteiger partial charge is 0.457 e. The van der Waals surface area contributed by atoms with Crippen LogP contribution in [0.3, 0.4) is 0 Å². The second-order valence-electron chi connectivity index (χ2n) is 9.14. The van der Waals surface area contributed by atoms with E-state index in [1.54, 1.807) is 0 Å². The summed E-state index contributed by atoms with van der Waals surface area (Å²) >= 11 is 0. The molecular weight excluding hydrogens is 440 g/mol. The van der Waals surface area contributed by atoms with E-state index in [9.17, 15) is 0 Å². The molecule has 36 heavy (non-hydrogen) atoms. The van der Waals surface area contributed by atoms with Crippen molar-refractivity contribution >= 4 is 0 Å². The van der Waals surface area contributed by atoms with Crippen molar-refractivity contribution in [1.29, 1.82) is 0 Å². The van der Waals surface area contributed by atoms with Crippen molar-refractivity contribution in [2.24, 2.45) is 0 Å². The lowest BCUT2D eigenvalue weighted by atomic mass is 9.69. The highest BCUT2D eigenvalue weighted by Gasteiger charge is 2.38. The molecule has 4 aromatic rings. The highest BCUT2D eigenvalue weighted by atomic mass is 16.5. The number of para-hydroxylation sites is 2. The smallest absolute Gasteiger partial charge is 0.131 e. The van der Waals surface area contributed by atoms with Crippen molar-refractivity contribution in [2.75, 3.05) is 13.6 Å². The molecule has 0 spiro atoms. The third-order valence-electron chi connectivity index (χ3n) is 6.77. The van der Waals surface area contributed by atoms with E-state index < -0.39 is 0 Å². The molecular formula is C33H36N2O. The zero-order valence-electron chi connectivity index (χ0n) is 21.2. The maximum Gasteiger partial charge on any atom is 0.131 e. The van der Waals surface area contributed by atoms with Gasteiger partial charge in [-0.05, 0) is 75.5 Å². The third-order valence-corrected chi connectivity index (χ3v) is 6.77. The Bertz CT molecular complexity index is 1180. The number of hydrogen-bond donors (Lipinski definition) is 1. The summed E-state index contributed by atoms with van der Waals surface area (Å²) in [5, 5.41) is 3.11. The molecule has 1 aliphatic heterocycles. The monoisotopic (exact) mass is 476 g/mol. The van der Waals surface area contributed by atoms with Gasteiger partial charge in [-0.2, -0.15) is 0 Å². The Hall–Kier alpha value is -3.69.